The Bertz CT molecular complexity index is 132. The first-order valence-corrected chi connectivity index (χ1v) is 4.19. The van der Waals surface area contributed by atoms with Gasteiger partial charge < -0.3 is 15.4 Å². The zero-order valence-corrected chi connectivity index (χ0v) is 8.64. The van der Waals surface area contributed by atoms with Gasteiger partial charge in [0, 0.05) is 14.1 Å². The van der Waals surface area contributed by atoms with Crippen LogP contribution in [0.1, 0.15) is 13.8 Å². The Kier molecular flexibility index (Phi) is 12.1. The van der Waals surface area contributed by atoms with Crippen LogP contribution in [0.2, 0.25) is 0 Å². The maximum Gasteiger partial charge on any atom is 0.245 e. The molecule has 5 nitrogen and oxygen atoms in total. The van der Waals surface area contributed by atoms with E-state index in [0.29, 0.717) is 0 Å². The second-order valence-corrected chi connectivity index (χ2v) is 1.84. The Morgan fingerprint density at radius 2 is 1.31 bits per heavy atom. The average Bonchev–Trinajstić information content (AvgIpc) is 2.20. The van der Waals surface area contributed by atoms with E-state index in [1.54, 1.807) is 0 Å². The van der Waals surface area contributed by atoms with Gasteiger partial charge in [-0.2, -0.15) is 0 Å². The number of carbonyl (C=O) groups excluding carboxylic acids is 2. The molecule has 0 radical (unpaired) electrons. The van der Waals surface area contributed by atoms with E-state index in [2.05, 4.69) is 10.6 Å². The maximum absolute atomic E-state index is 10.5. The first-order chi connectivity index (χ1) is 6.20. The van der Waals surface area contributed by atoms with Gasteiger partial charge in [-0.05, 0) is 0 Å². The Morgan fingerprint density at radius 3 is 1.54 bits per heavy atom. The number of likely N-dealkylation sites (N-methyl/N-ethyl adjacent to an activating group) is 2. The van der Waals surface area contributed by atoms with Crippen LogP contribution in [0.15, 0.2) is 0 Å². The molecule has 0 rings (SSSR count). The molecule has 5 heteroatoms. The van der Waals surface area contributed by atoms with Crippen molar-refractivity contribution in [2.75, 3.05) is 27.3 Å². The quantitative estimate of drug-likeness (QED) is 0.629. The molecule has 0 heterocycles. The van der Waals surface area contributed by atoms with E-state index in [0.717, 1.165) is 0 Å². The molecular weight excluding hydrogens is 172 g/mol. The van der Waals surface area contributed by atoms with Crippen molar-refractivity contribution < 1.29 is 14.3 Å². The van der Waals surface area contributed by atoms with Gasteiger partial charge in [0.1, 0.15) is 13.2 Å². The fourth-order valence-electron chi connectivity index (χ4n) is 0.381. The van der Waals surface area contributed by atoms with Crippen molar-refractivity contribution in [3.8, 4) is 0 Å². The molecule has 0 aromatic carbocycles. The third-order valence-corrected chi connectivity index (χ3v) is 1.02. The van der Waals surface area contributed by atoms with E-state index in [1.807, 2.05) is 13.8 Å². The van der Waals surface area contributed by atoms with Gasteiger partial charge >= 0.3 is 0 Å². The van der Waals surface area contributed by atoms with Gasteiger partial charge in [0.05, 0.1) is 0 Å². The molecule has 0 aliphatic carbocycles. The molecule has 0 atom stereocenters. The average molecular weight is 190 g/mol. The minimum absolute atomic E-state index is 0.0794. The molecule has 0 bridgehead atoms. The highest BCUT2D eigenvalue weighted by Crippen LogP contribution is 1.73. The Morgan fingerprint density at radius 1 is 1.00 bits per heavy atom. The summed E-state index contributed by atoms with van der Waals surface area (Å²) < 4.78 is 4.71. The fourth-order valence-corrected chi connectivity index (χ4v) is 0.381. The number of ether oxygens (including phenoxy) is 1. The summed E-state index contributed by atoms with van der Waals surface area (Å²) in [5.74, 6) is -0.484. The second-order valence-electron chi connectivity index (χ2n) is 1.84. The molecule has 0 unspecified atom stereocenters. The van der Waals surface area contributed by atoms with Crippen molar-refractivity contribution in [1.82, 2.24) is 10.6 Å². The van der Waals surface area contributed by atoms with Gasteiger partial charge in [-0.3, -0.25) is 9.59 Å². The van der Waals surface area contributed by atoms with Crippen LogP contribution in [-0.4, -0.2) is 39.1 Å². The molecule has 0 saturated heterocycles. The van der Waals surface area contributed by atoms with E-state index in [1.165, 1.54) is 14.1 Å². The molecule has 2 amide bonds. The Hall–Kier alpha value is -1.10. The number of hydrogen-bond acceptors (Lipinski definition) is 3. The molecule has 0 aromatic heterocycles. The molecular formula is C8H18N2O3. The maximum atomic E-state index is 10.5. The predicted molar refractivity (Wildman–Crippen MR) is 50.3 cm³/mol. The molecule has 0 aliphatic heterocycles. The molecule has 13 heavy (non-hydrogen) atoms. The normalized spacial score (nSPS) is 8.00. The summed E-state index contributed by atoms with van der Waals surface area (Å²) in [4.78, 5) is 21.0. The monoisotopic (exact) mass is 190 g/mol. The van der Waals surface area contributed by atoms with E-state index in [9.17, 15) is 9.59 Å². The van der Waals surface area contributed by atoms with Crippen LogP contribution in [0, 0.1) is 0 Å². The van der Waals surface area contributed by atoms with Crippen molar-refractivity contribution in [2.45, 2.75) is 13.8 Å². The summed E-state index contributed by atoms with van der Waals surface area (Å²) in [5.41, 5.74) is 0. The van der Waals surface area contributed by atoms with Crippen LogP contribution in [0.3, 0.4) is 0 Å². The molecule has 78 valence electrons. The lowest BCUT2D eigenvalue weighted by Crippen LogP contribution is -2.28. The van der Waals surface area contributed by atoms with Crippen LogP contribution in [0.5, 0.6) is 0 Å². The van der Waals surface area contributed by atoms with Gasteiger partial charge in [-0.1, -0.05) is 13.8 Å². The standard InChI is InChI=1S/C6H12N2O3.C2H6/c1-7-5(9)3-11-4-6(10)8-2;1-2/h3-4H2,1-2H3,(H,7,9)(H,8,10);1-2H3. The topological polar surface area (TPSA) is 67.4 Å². The highest BCUT2D eigenvalue weighted by molar-refractivity contribution is 5.79. The van der Waals surface area contributed by atoms with Crippen molar-refractivity contribution in [2.24, 2.45) is 0 Å². The van der Waals surface area contributed by atoms with E-state index >= 15 is 0 Å². The largest absolute Gasteiger partial charge is 0.362 e. The lowest BCUT2D eigenvalue weighted by molar-refractivity contribution is -0.130. The zero-order valence-electron chi connectivity index (χ0n) is 8.64. The first-order valence-electron chi connectivity index (χ1n) is 4.19. The lowest BCUT2D eigenvalue weighted by atomic mass is 10.6. The van der Waals surface area contributed by atoms with Crippen LogP contribution < -0.4 is 10.6 Å². The lowest BCUT2D eigenvalue weighted by Gasteiger charge is -2.00. The van der Waals surface area contributed by atoms with E-state index < -0.39 is 0 Å². The number of carbonyl (C=O) groups is 2. The van der Waals surface area contributed by atoms with Crippen molar-refractivity contribution in [3.05, 3.63) is 0 Å². The minimum atomic E-state index is -0.242. The highest BCUT2D eigenvalue weighted by Gasteiger charge is 2.00. The summed E-state index contributed by atoms with van der Waals surface area (Å²) in [6.45, 7) is 3.84. The van der Waals surface area contributed by atoms with Gasteiger partial charge in [0.15, 0.2) is 0 Å². The van der Waals surface area contributed by atoms with Crippen LogP contribution >= 0.6 is 0 Å². The van der Waals surface area contributed by atoms with E-state index in [4.69, 9.17) is 4.74 Å². The second kappa shape index (κ2) is 10.9. The highest BCUT2D eigenvalue weighted by atomic mass is 16.5. The number of hydrogen-bond donors (Lipinski definition) is 2. The Labute approximate surface area is 78.8 Å². The van der Waals surface area contributed by atoms with Crippen molar-refractivity contribution in [1.29, 1.82) is 0 Å². The summed E-state index contributed by atoms with van der Waals surface area (Å²) in [7, 11) is 3.01. The number of nitrogens with one attached hydrogen (secondary N) is 2. The van der Waals surface area contributed by atoms with E-state index in [-0.39, 0.29) is 25.0 Å². The molecule has 0 saturated carbocycles. The first kappa shape index (κ1) is 14.4. The van der Waals surface area contributed by atoms with Crippen LogP contribution in [0.4, 0.5) is 0 Å². The van der Waals surface area contributed by atoms with Crippen molar-refractivity contribution >= 4 is 11.8 Å². The number of amides is 2. The molecule has 0 aromatic rings. The zero-order chi connectivity index (χ0) is 10.7. The van der Waals surface area contributed by atoms with Crippen LogP contribution in [-0.2, 0) is 14.3 Å². The summed E-state index contributed by atoms with van der Waals surface area (Å²) in [5, 5.41) is 4.72. The summed E-state index contributed by atoms with van der Waals surface area (Å²) in [6, 6.07) is 0. The smallest absolute Gasteiger partial charge is 0.245 e. The molecule has 0 aliphatic rings. The van der Waals surface area contributed by atoms with Gasteiger partial charge in [-0.25, -0.2) is 0 Å². The van der Waals surface area contributed by atoms with Crippen molar-refractivity contribution in [3.63, 3.8) is 0 Å². The predicted octanol–water partition coefficient (Wildman–Crippen LogP) is -0.479. The minimum Gasteiger partial charge on any atom is -0.362 e. The Balaban J connectivity index is 0. The SMILES string of the molecule is CC.CNC(=O)COCC(=O)NC. The number of rotatable bonds is 4. The third-order valence-electron chi connectivity index (χ3n) is 1.02. The van der Waals surface area contributed by atoms with Gasteiger partial charge in [-0.15, -0.1) is 0 Å². The van der Waals surface area contributed by atoms with Gasteiger partial charge in [0.25, 0.3) is 0 Å². The van der Waals surface area contributed by atoms with Crippen LogP contribution in [0.25, 0.3) is 0 Å². The summed E-state index contributed by atoms with van der Waals surface area (Å²) in [6.07, 6.45) is 0. The third kappa shape index (κ3) is 10.9. The molecule has 0 fully saturated rings. The molecule has 0 spiro atoms. The fraction of sp³-hybridized carbons (Fsp3) is 0.750. The summed E-state index contributed by atoms with van der Waals surface area (Å²) >= 11 is 0. The molecule has 2 N–H and O–H groups in total. The van der Waals surface area contributed by atoms with Gasteiger partial charge in [0.2, 0.25) is 11.8 Å².